The predicted octanol–water partition coefficient (Wildman–Crippen LogP) is 4.90. The molecule has 0 aromatic carbocycles. The highest BCUT2D eigenvalue weighted by Gasteiger charge is 2.47. The number of pyridine rings is 1. The molecule has 1 aromatic rings. The summed E-state index contributed by atoms with van der Waals surface area (Å²) in [6.45, 7) is 11.7. The van der Waals surface area contributed by atoms with Crippen molar-refractivity contribution in [1.82, 2.24) is 4.98 Å². The van der Waals surface area contributed by atoms with Crippen molar-refractivity contribution in [1.29, 1.82) is 0 Å². The van der Waals surface area contributed by atoms with Gasteiger partial charge in [-0.15, -0.1) is 0 Å². The average molecular weight is 302 g/mol. The SMILES string of the molecule is CC(C)C1(C(C)(C)C)CCC(C(=O)Nc2ccncc2)CC1. The second-order valence-electron chi connectivity index (χ2n) is 8.06. The Morgan fingerprint density at radius 2 is 1.77 bits per heavy atom. The van der Waals surface area contributed by atoms with Crippen molar-refractivity contribution in [2.45, 2.75) is 60.3 Å². The fourth-order valence-electron chi connectivity index (χ4n) is 4.27. The van der Waals surface area contributed by atoms with E-state index in [1.165, 1.54) is 0 Å². The van der Waals surface area contributed by atoms with Gasteiger partial charge in [0.05, 0.1) is 0 Å². The van der Waals surface area contributed by atoms with Crippen molar-refractivity contribution in [3.63, 3.8) is 0 Å². The van der Waals surface area contributed by atoms with Gasteiger partial charge in [0.15, 0.2) is 0 Å². The van der Waals surface area contributed by atoms with Crippen LogP contribution in [0.2, 0.25) is 0 Å². The predicted molar refractivity (Wildman–Crippen MR) is 91.6 cm³/mol. The van der Waals surface area contributed by atoms with Crippen LogP contribution in [0.5, 0.6) is 0 Å². The Bertz CT molecular complexity index is 494. The maximum atomic E-state index is 12.5. The van der Waals surface area contributed by atoms with E-state index in [2.05, 4.69) is 44.9 Å². The largest absolute Gasteiger partial charge is 0.326 e. The summed E-state index contributed by atoms with van der Waals surface area (Å²) in [7, 11) is 0. The number of hydrogen-bond donors (Lipinski definition) is 1. The molecule has 1 fully saturated rings. The first-order chi connectivity index (χ1) is 10.3. The van der Waals surface area contributed by atoms with Crippen molar-refractivity contribution in [3.05, 3.63) is 24.5 Å². The molecule has 1 aliphatic rings. The Kier molecular flexibility index (Phi) is 4.93. The summed E-state index contributed by atoms with van der Waals surface area (Å²) in [6, 6.07) is 3.68. The summed E-state index contributed by atoms with van der Waals surface area (Å²) in [5.74, 6) is 0.955. The molecule has 0 unspecified atom stereocenters. The number of carbonyl (C=O) groups excluding carboxylic acids is 1. The minimum Gasteiger partial charge on any atom is -0.326 e. The van der Waals surface area contributed by atoms with E-state index >= 15 is 0 Å². The number of rotatable bonds is 3. The molecular weight excluding hydrogens is 272 g/mol. The zero-order chi connectivity index (χ0) is 16.4. The van der Waals surface area contributed by atoms with Crippen LogP contribution in [0.1, 0.15) is 60.3 Å². The number of aromatic nitrogens is 1. The number of carbonyl (C=O) groups is 1. The molecule has 1 aromatic heterocycles. The number of nitrogens with one attached hydrogen (secondary N) is 1. The maximum Gasteiger partial charge on any atom is 0.227 e. The summed E-state index contributed by atoms with van der Waals surface area (Å²) in [4.78, 5) is 16.4. The fourth-order valence-corrected chi connectivity index (χ4v) is 4.27. The average Bonchev–Trinajstić information content (AvgIpc) is 2.47. The Labute approximate surface area is 134 Å². The van der Waals surface area contributed by atoms with Crippen LogP contribution in [-0.4, -0.2) is 10.9 Å². The molecule has 2 rings (SSSR count). The van der Waals surface area contributed by atoms with Crippen LogP contribution in [0, 0.1) is 22.7 Å². The zero-order valence-corrected chi connectivity index (χ0v) is 14.6. The first-order valence-corrected chi connectivity index (χ1v) is 8.47. The molecule has 122 valence electrons. The van der Waals surface area contributed by atoms with Crippen LogP contribution in [0.25, 0.3) is 0 Å². The number of anilines is 1. The van der Waals surface area contributed by atoms with Gasteiger partial charge in [-0.3, -0.25) is 9.78 Å². The van der Waals surface area contributed by atoms with Gasteiger partial charge in [-0.25, -0.2) is 0 Å². The van der Waals surface area contributed by atoms with Gasteiger partial charge in [0.1, 0.15) is 0 Å². The van der Waals surface area contributed by atoms with E-state index in [-0.39, 0.29) is 17.2 Å². The first-order valence-electron chi connectivity index (χ1n) is 8.47. The van der Waals surface area contributed by atoms with Gasteiger partial charge in [-0.1, -0.05) is 34.6 Å². The van der Waals surface area contributed by atoms with Crippen LogP contribution in [0.3, 0.4) is 0 Å². The molecule has 3 heteroatoms. The number of amides is 1. The third kappa shape index (κ3) is 3.34. The topological polar surface area (TPSA) is 42.0 Å². The molecule has 22 heavy (non-hydrogen) atoms. The molecule has 1 amide bonds. The summed E-state index contributed by atoms with van der Waals surface area (Å²) in [5, 5.41) is 3.03. The van der Waals surface area contributed by atoms with E-state index in [0.29, 0.717) is 11.3 Å². The second-order valence-corrected chi connectivity index (χ2v) is 8.06. The van der Waals surface area contributed by atoms with Gasteiger partial charge in [0.2, 0.25) is 5.91 Å². The normalized spacial score (nSPS) is 26.0. The van der Waals surface area contributed by atoms with Gasteiger partial charge in [-0.2, -0.15) is 0 Å². The molecule has 0 spiro atoms. The van der Waals surface area contributed by atoms with Gasteiger partial charge >= 0.3 is 0 Å². The molecule has 0 atom stereocenters. The number of nitrogens with zero attached hydrogens (tertiary/aromatic N) is 1. The number of hydrogen-bond acceptors (Lipinski definition) is 2. The highest BCUT2D eigenvalue weighted by Crippen LogP contribution is 2.55. The van der Waals surface area contributed by atoms with Gasteiger partial charge in [-0.05, 0) is 54.6 Å². The zero-order valence-electron chi connectivity index (χ0n) is 14.6. The molecular formula is C19H30N2O. The third-order valence-corrected chi connectivity index (χ3v) is 5.80. The first kappa shape index (κ1) is 17.0. The Morgan fingerprint density at radius 1 is 1.23 bits per heavy atom. The van der Waals surface area contributed by atoms with Crippen molar-refractivity contribution < 1.29 is 4.79 Å². The molecule has 0 aliphatic heterocycles. The van der Waals surface area contributed by atoms with E-state index in [4.69, 9.17) is 0 Å². The summed E-state index contributed by atoms with van der Waals surface area (Å²) in [6.07, 6.45) is 7.68. The summed E-state index contributed by atoms with van der Waals surface area (Å²) in [5.41, 5.74) is 1.48. The standard InChI is InChI=1S/C19H30N2O/c1-14(2)19(18(3,4)5)10-6-15(7-11-19)17(22)21-16-8-12-20-13-9-16/h8-9,12-15H,6-7,10-11H2,1-5H3,(H,20,21,22). The minimum absolute atomic E-state index is 0.141. The fraction of sp³-hybridized carbons (Fsp3) is 0.684. The third-order valence-electron chi connectivity index (χ3n) is 5.80. The van der Waals surface area contributed by atoms with Gasteiger partial charge in [0.25, 0.3) is 0 Å². The van der Waals surface area contributed by atoms with Crippen molar-refractivity contribution in [3.8, 4) is 0 Å². The lowest BCUT2D eigenvalue weighted by Crippen LogP contribution is -2.44. The monoisotopic (exact) mass is 302 g/mol. The molecule has 0 bridgehead atoms. The van der Waals surface area contributed by atoms with E-state index in [9.17, 15) is 4.79 Å². The van der Waals surface area contributed by atoms with Crippen LogP contribution < -0.4 is 5.32 Å². The van der Waals surface area contributed by atoms with Crippen LogP contribution in [-0.2, 0) is 4.79 Å². The molecule has 0 radical (unpaired) electrons. The van der Waals surface area contributed by atoms with Crippen molar-refractivity contribution >= 4 is 11.6 Å². The molecule has 1 heterocycles. The van der Waals surface area contributed by atoms with E-state index in [1.807, 2.05) is 12.1 Å². The Morgan fingerprint density at radius 3 is 2.23 bits per heavy atom. The smallest absolute Gasteiger partial charge is 0.227 e. The lowest BCUT2D eigenvalue weighted by Gasteiger charge is -2.52. The van der Waals surface area contributed by atoms with Crippen LogP contribution in [0.4, 0.5) is 5.69 Å². The molecule has 0 saturated heterocycles. The summed E-state index contributed by atoms with van der Waals surface area (Å²) >= 11 is 0. The summed E-state index contributed by atoms with van der Waals surface area (Å²) < 4.78 is 0. The Balaban J connectivity index is 2.01. The van der Waals surface area contributed by atoms with Crippen LogP contribution >= 0.6 is 0 Å². The van der Waals surface area contributed by atoms with Gasteiger partial charge < -0.3 is 5.32 Å². The molecule has 1 N–H and O–H groups in total. The second kappa shape index (κ2) is 6.39. The van der Waals surface area contributed by atoms with Crippen molar-refractivity contribution in [2.24, 2.45) is 22.7 Å². The van der Waals surface area contributed by atoms with Crippen LogP contribution in [0.15, 0.2) is 24.5 Å². The lowest BCUT2D eigenvalue weighted by atomic mass is 9.53. The minimum atomic E-state index is 0.141. The highest BCUT2D eigenvalue weighted by atomic mass is 16.1. The maximum absolute atomic E-state index is 12.5. The van der Waals surface area contributed by atoms with Crippen molar-refractivity contribution in [2.75, 3.05) is 5.32 Å². The van der Waals surface area contributed by atoms with E-state index in [1.54, 1.807) is 12.4 Å². The van der Waals surface area contributed by atoms with E-state index in [0.717, 1.165) is 31.4 Å². The molecule has 3 nitrogen and oxygen atoms in total. The Hall–Kier alpha value is -1.38. The highest BCUT2D eigenvalue weighted by molar-refractivity contribution is 5.92. The van der Waals surface area contributed by atoms with E-state index < -0.39 is 0 Å². The molecule has 1 aliphatic carbocycles. The lowest BCUT2D eigenvalue weighted by molar-refractivity contribution is -0.123. The quantitative estimate of drug-likeness (QED) is 0.863. The molecule has 1 saturated carbocycles. The van der Waals surface area contributed by atoms with Gasteiger partial charge in [0, 0.05) is 24.0 Å².